The third-order valence-corrected chi connectivity index (χ3v) is 10.3. The summed E-state index contributed by atoms with van der Waals surface area (Å²) in [6, 6.07) is 13.6. The summed E-state index contributed by atoms with van der Waals surface area (Å²) in [5.41, 5.74) is 3.30. The molecular weight excluding hydrogens is 1100 g/mol. The molecule has 0 fully saturated rings. The van der Waals surface area contributed by atoms with Crippen molar-refractivity contribution in [3.05, 3.63) is 114 Å². The van der Waals surface area contributed by atoms with E-state index in [0.29, 0.717) is 35.6 Å². The molecule has 0 atom stereocenters. The minimum atomic E-state index is -0.941. The molecule has 4 heterocycles. The molecule has 0 amide bonds. The Kier molecular flexibility index (Phi) is 40.0. The van der Waals surface area contributed by atoms with Gasteiger partial charge in [-0.25, -0.2) is 34.1 Å². The zero-order chi connectivity index (χ0) is 50.6. The van der Waals surface area contributed by atoms with E-state index >= 15 is 0 Å². The average Bonchev–Trinajstić information content (AvgIpc) is 3.36. The number of terminal acetylenes is 1. The first-order chi connectivity index (χ1) is 32.9. The minimum absolute atomic E-state index is 0.223. The van der Waals surface area contributed by atoms with E-state index in [-0.39, 0.29) is 24.1 Å². The predicted molar refractivity (Wildman–Crippen MR) is 278 cm³/mol. The van der Waals surface area contributed by atoms with Gasteiger partial charge in [0.15, 0.2) is 0 Å². The van der Waals surface area contributed by atoms with E-state index in [2.05, 4.69) is 74.5 Å². The van der Waals surface area contributed by atoms with Crippen LogP contribution in [0.2, 0.25) is 0 Å². The molecule has 0 bridgehead atoms. The summed E-state index contributed by atoms with van der Waals surface area (Å²) in [7, 11) is 4.06. The van der Waals surface area contributed by atoms with Crippen molar-refractivity contribution in [2.75, 3.05) is 41.2 Å². The lowest BCUT2D eigenvalue weighted by Crippen LogP contribution is -2.02. The maximum Gasteiger partial charge on any atom is 0.339 e. The van der Waals surface area contributed by atoms with E-state index < -0.39 is 11.9 Å². The molecule has 68 heavy (non-hydrogen) atoms. The number of ether oxygens (including phenoxy) is 3. The summed E-state index contributed by atoms with van der Waals surface area (Å²) in [5, 5.41) is 34.1. The van der Waals surface area contributed by atoms with Crippen molar-refractivity contribution in [1.29, 1.82) is 0 Å². The molecule has 0 saturated heterocycles. The van der Waals surface area contributed by atoms with Gasteiger partial charge in [-0.15, -0.1) is 12.3 Å². The second-order valence-electron chi connectivity index (χ2n) is 14.4. The maximum absolute atomic E-state index is 11.2. The molecule has 0 saturated carbocycles. The van der Waals surface area contributed by atoms with Crippen molar-refractivity contribution in [2.24, 2.45) is 0 Å². The molecular formula is C51H66I2N4O11. The SMILES string of the molecule is C#CCCCCCCO.COC(=O)c1ccc(C#CCCCCCCO)nc1.COC(=O)c1ccc(CCCCCCCCO)nc1.COC(=O)c1ccc(I)nc1.O=C(O)c1ccc(I)nc1. The van der Waals surface area contributed by atoms with E-state index in [1.165, 1.54) is 65.2 Å². The van der Waals surface area contributed by atoms with Gasteiger partial charge in [-0.2, -0.15) is 0 Å². The molecule has 0 radical (unpaired) electrons. The highest BCUT2D eigenvalue weighted by atomic mass is 127. The fourth-order valence-electron chi connectivity index (χ4n) is 5.28. The Labute approximate surface area is 429 Å². The smallest absolute Gasteiger partial charge is 0.339 e. The third kappa shape index (κ3) is 33.4. The summed E-state index contributed by atoms with van der Waals surface area (Å²) in [5.74, 6) is 6.56. The van der Waals surface area contributed by atoms with Gasteiger partial charge in [0.2, 0.25) is 0 Å². The summed E-state index contributed by atoms with van der Waals surface area (Å²) in [6.45, 7) is 0.884. The molecule has 370 valence electrons. The molecule has 0 aliphatic carbocycles. The number of carbonyl (C=O) groups is 4. The Morgan fingerprint density at radius 2 is 0.912 bits per heavy atom. The number of aromatic nitrogens is 4. The molecule has 17 heteroatoms. The van der Waals surface area contributed by atoms with Crippen molar-refractivity contribution in [2.45, 2.75) is 109 Å². The number of aliphatic hydroxyl groups excluding tert-OH is 3. The lowest BCUT2D eigenvalue weighted by molar-refractivity contribution is 0.0591. The van der Waals surface area contributed by atoms with E-state index in [0.717, 1.165) is 103 Å². The number of aromatic carboxylic acids is 1. The normalized spacial score (nSPS) is 9.63. The number of halogens is 2. The van der Waals surface area contributed by atoms with Crippen LogP contribution in [0.25, 0.3) is 0 Å². The van der Waals surface area contributed by atoms with Crippen molar-refractivity contribution >= 4 is 69.1 Å². The minimum Gasteiger partial charge on any atom is -0.478 e. The topological polar surface area (TPSA) is 228 Å². The maximum atomic E-state index is 11.2. The standard InChI is InChI=1S/C15H23NO3.C15H19NO3.C8H14O.C7H6INO2.C6H4INO2/c2*1-19-15(18)13-9-10-14(16-12-13)8-6-4-2-3-5-7-11-17;1-2-3-4-5-6-7-8-9;1-11-7(10)5-2-3-6(8)9-4-5;7-5-2-1-4(3-8-5)6(9)10/h9-10,12,17H,2-8,11H2,1H3;9-10,12,17H,2-5,7,11H2,1H3;1,9H,3-8H2;2-4H,1H3;1-3H,(H,9,10). The molecule has 0 aliphatic heterocycles. The lowest BCUT2D eigenvalue weighted by atomic mass is 10.1. The Balaban J connectivity index is 0.000000855. The van der Waals surface area contributed by atoms with Crippen LogP contribution in [0.15, 0.2) is 73.3 Å². The van der Waals surface area contributed by atoms with Gasteiger partial charge >= 0.3 is 23.9 Å². The van der Waals surface area contributed by atoms with Crippen LogP contribution in [0.5, 0.6) is 0 Å². The Bertz CT molecular complexity index is 2050. The Morgan fingerprint density at radius 1 is 0.515 bits per heavy atom. The van der Waals surface area contributed by atoms with Gasteiger partial charge in [0.1, 0.15) is 13.1 Å². The van der Waals surface area contributed by atoms with Crippen LogP contribution >= 0.6 is 45.2 Å². The second-order valence-corrected chi connectivity index (χ2v) is 16.6. The van der Waals surface area contributed by atoms with Crippen LogP contribution in [-0.4, -0.2) is 105 Å². The van der Waals surface area contributed by atoms with Gasteiger partial charge < -0.3 is 34.6 Å². The molecule has 15 nitrogen and oxygen atoms in total. The van der Waals surface area contributed by atoms with Crippen LogP contribution in [0.4, 0.5) is 0 Å². The van der Waals surface area contributed by atoms with Crippen molar-refractivity contribution in [3.63, 3.8) is 0 Å². The molecule has 4 rings (SSSR count). The number of esters is 3. The molecule has 0 spiro atoms. The van der Waals surface area contributed by atoms with Gasteiger partial charge in [-0.05, 0) is 145 Å². The lowest BCUT2D eigenvalue weighted by Gasteiger charge is -2.03. The fourth-order valence-corrected chi connectivity index (χ4v) is 5.92. The van der Waals surface area contributed by atoms with Crippen molar-refractivity contribution in [3.8, 4) is 24.2 Å². The first kappa shape index (κ1) is 62.9. The van der Waals surface area contributed by atoms with Crippen LogP contribution in [0.1, 0.15) is 156 Å². The first-order valence-electron chi connectivity index (χ1n) is 22.3. The van der Waals surface area contributed by atoms with Crippen LogP contribution in [0.3, 0.4) is 0 Å². The number of aryl methyl sites for hydroxylation is 1. The summed E-state index contributed by atoms with van der Waals surface area (Å²) in [6.07, 6.45) is 28.6. The van der Waals surface area contributed by atoms with Crippen molar-refractivity contribution < 1.29 is 53.8 Å². The number of pyridine rings is 4. The molecule has 0 aliphatic rings. The number of rotatable bonds is 22. The Hall–Kier alpha value is -5.06. The van der Waals surface area contributed by atoms with Gasteiger partial charge in [0.05, 0.1) is 43.6 Å². The number of methoxy groups -OCH3 is 3. The average molecular weight is 1160 g/mol. The number of carbonyl (C=O) groups excluding carboxylic acids is 3. The third-order valence-electron chi connectivity index (χ3n) is 9.05. The number of aliphatic hydroxyl groups is 3. The van der Waals surface area contributed by atoms with Crippen LogP contribution in [0, 0.1) is 31.6 Å². The van der Waals surface area contributed by atoms with E-state index in [4.69, 9.17) is 26.8 Å². The highest BCUT2D eigenvalue weighted by molar-refractivity contribution is 14.1. The molecule has 0 aromatic carbocycles. The fraction of sp³-hybridized carbons (Fsp3) is 0.451. The zero-order valence-electron chi connectivity index (χ0n) is 39.3. The monoisotopic (exact) mass is 1160 g/mol. The number of hydrogen-bond donors (Lipinski definition) is 4. The molecule has 0 unspecified atom stereocenters. The number of carboxylic acids is 1. The van der Waals surface area contributed by atoms with Gasteiger partial charge in [-0.1, -0.05) is 57.3 Å². The molecule has 4 aromatic rings. The quantitative estimate of drug-likeness (QED) is 0.0144. The summed E-state index contributed by atoms with van der Waals surface area (Å²) < 4.78 is 15.4. The van der Waals surface area contributed by atoms with Gasteiger partial charge in [0.25, 0.3) is 0 Å². The zero-order valence-corrected chi connectivity index (χ0v) is 43.7. The summed E-state index contributed by atoms with van der Waals surface area (Å²) >= 11 is 4.08. The highest BCUT2D eigenvalue weighted by Crippen LogP contribution is 2.10. The van der Waals surface area contributed by atoms with Crippen LogP contribution in [-0.2, 0) is 20.6 Å². The largest absolute Gasteiger partial charge is 0.478 e. The summed E-state index contributed by atoms with van der Waals surface area (Å²) in [4.78, 5) is 59.6. The highest BCUT2D eigenvalue weighted by Gasteiger charge is 2.07. The first-order valence-corrected chi connectivity index (χ1v) is 24.4. The second kappa shape index (κ2) is 43.2. The van der Waals surface area contributed by atoms with Crippen LogP contribution < -0.4 is 0 Å². The van der Waals surface area contributed by atoms with E-state index in [9.17, 15) is 19.2 Å². The number of hydrogen-bond acceptors (Lipinski definition) is 14. The number of unbranched alkanes of at least 4 members (excludes halogenated alkanes) is 13. The van der Waals surface area contributed by atoms with Crippen molar-refractivity contribution in [1.82, 2.24) is 19.9 Å². The molecule has 4 aromatic heterocycles. The van der Waals surface area contributed by atoms with Gasteiger partial charge in [0, 0.05) is 63.1 Å². The molecule has 4 N–H and O–H groups in total. The number of nitrogens with zero attached hydrogens (tertiary/aromatic N) is 4. The van der Waals surface area contributed by atoms with E-state index in [1.807, 2.05) is 28.7 Å². The van der Waals surface area contributed by atoms with Gasteiger partial charge in [-0.3, -0.25) is 4.98 Å². The predicted octanol–water partition coefficient (Wildman–Crippen LogP) is 9.33. The Morgan fingerprint density at radius 3 is 1.29 bits per heavy atom. The number of carboxylic acid groups (broad SMARTS) is 1. The van der Waals surface area contributed by atoms with E-state index in [1.54, 1.807) is 42.6 Å².